The van der Waals surface area contributed by atoms with Crippen LogP contribution in [0.2, 0.25) is 0 Å². The Balaban J connectivity index is 2.29. The number of carbonyl (C=O) groups excluding carboxylic acids is 2. The van der Waals surface area contributed by atoms with Crippen LogP contribution >= 0.6 is 0 Å². The minimum atomic E-state index is -0.894. The van der Waals surface area contributed by atoms with Crippen molar-refractivity contribution in [2.75, 3.05) is 26.2 Å². The number of carbonyl (C=O) groups is 2. The van der Waals surface area contributed by atoms with E-state index in [1.807, 2.05) is 0 Å². The summed E-state index contributed by atoms with van der Waals surface area (Å²) in [4.78, 5) is 25.4. The highest BCUT2D eigenvalue weighted by atomic mass is 16.3. The molecule has 22 heavy (non-hydrogen) atoms. The zero-order valence-electron chi connectivity index (χ0n) is 12.7. The zero-order chi connectivity index (χ0) is 16.5. The molecule has 1 saturated heterocycles. The van der Waals surface area contributed by atoms with Gasteiger partial charge in [0.05, 0.1) is 6.61 Å². The molecule has 1 aliphatic rings. The van der Waals surface area contributed by atoms with Crippen LogP contribution in [0.5, 0.6) is 0 Å². The molecule has 2 amide bonds. The molecule has 0 unspecified atom stereocenters. The van der Waals surface area contributed by atoms with E-state index in [2.05, 4.69) is 10.6 Å². The van der Waals surface area contributed by atoms with E-state index in [4.69, 9.17) is 22.0 Å². The summed E-state index contributed by atoms with van der Waals surface area (Å²) in [5.41, 5.74) is 10.7. The maximum atomic E-state index is 12.0. The van der Waals surface area contributed by atoms with E-state index >= 15 is 0 Å². The van der Waals surface area contributed by atoms with Crippen LogP contribution in [0.4, 0.5) is 0 Å². The molecule has 0 aromatic rings. The zero-order valence-corrected chi connectivity index (χ0v) is 12.7. The van der Waals surface area contributed by atoms with Gasteiger partial charge in [-0.05, 0) is 19.3 Å². The summed E-state index contributed by atoms with van der Waals surface area (Å²) in [5, 5.41) is 21.4. The normalized spacial score (nSPS) is 18.8. The van der Waals surface area contributed by atoms with Crippen molar-refractivity contribution in [3.05, 3.63) is 0 Å². The molecule has 0 spiro atoms. The molecule has 1 rings (SSSR count). The minimum Gasteiger partial charge on any atom is -0.394 e. The van der Waals surface area contributed by atoms with Crippen LogP contribution in [0.1, 0.15) is 25.7 Å². The monoisotopic (exact) mass is 314 g/mol. The lowest BCUT2D eigenvalue weighted by Crippen LogP contribution is -2.50. The Kier molecular flexibility index (Phi) is 7.61. The molecule has 0 radical (unpaired) electrons. The van der Waals surface area contributed by atoms with Gasteiger partial charge in [-0.2, -0.15) is 0 Å². The number of nitrogens with one attached hydrogen (secondary N) is 3. The van der Waals surface area contributed by atoms with Gasteiger partial charge in [-0.25, -0.2) is 0 Å². The number of likely N-dealkylation sites (tertiary alicyclic amines) is 1. The Labute approximate surface area is 129 Å². The summed E-state index contributed by atoms with van der Waals surface area (Å²) >= 11 is 0. The molecule has 8 N–H and O–H groups in total. The fourth-order valence-corrected chi connectivity index (χ4v) is 2.42. The highest BCUT2D eigenvalue weighted by Crippen LogP contribution is 2.17. The van der Waals surface area contributed by atoms with E-state index in [1.54, 1.807) is 4.90 Å². The van der Waals surface area contributed by atoms with Gasteiger partial charge in [0.2, 0.25) is 11.8 Å². The van der Waals surface area contributed by atoms with Crippen LogP contribution in [0.15, 0.2) is 0 Å². The van der Waals surface area contributed by atoms with Gasteiger partial charge in [-0.1, -0.05) is 0 Å². The smallest absolute Gasteiger partial charge is 0.242 e. The van der Waals surface area contributed by atoms with E-state index in [1.165, 1.54) is 0 Å². The van der Waals surface area contributed by atoms with Gasteiger partial charge in [-0.15, -0.1) is 0 Å². The van der Waals surface area contributed by atoms with Gasteiger partial charge in [0.15, 0.2) is 5.96 Å². The van der Waals surface area contributed by atoms with E-state index < -0.39 is 6.04 Å². The molecule has 0 aromatic carbocycles. The third-order valence-corrected chi connectivity index (χ3v) is 3.61. The molecule has 0 aromatic heterocycles. The molecule has 9 heteroatoms. The number of rotatable bonds is 8. The van der Waals surface area contributed by atoms with Crippen molar-refractivity contribution in [3.63, 3.8) is 0 Å². The number of nitrogens with two attached hydrogens (primary N) is 2. The fourth-order valence-electron chi connectivity index (χ4n) is 2.42. The Hall–Kier alpha value is -1.87. The molecule has 1 heterocycles. The Morgan fingerprint density at radius 2 is 2.14 bits per heavy atom. The SMILES string of the molecule is N=C(N)NCCCC(=O)NC[C@@H]1CCCN1C(=O)[C@@H](N)CO. The highest BCUT2D eigenvalue weighted by Gasteiger charge is 2.31. The molecule has 9 nitrogen and oxygen atoms in total. The summed E-state index contributed by atoms with van der Waals surface area (Å²) in [6, 6.07) is -0.960. The number of nitrogens with zero attached hydrogens (tertiary/aromatic N) is 1. The lowest BCUT2D eigenvalue weighted by Gasteiger charge is -2.27. The van der Waals surface area contributed by atoms with Gasteiger partial charge in [0.1, 0.15) is 6.04 Å². The van der Waals surface area contributed by atoms with Crippen molar-refractivity contribution in [1.29, 1.82) is 5.41 Å². The number of aliphatic hydroxyl groups is 1. The first kappa shape index (κ1) is 18.2. The average molecular weight is 314 g/mol. The largest absolute Gasteiger partial charge is 0.394 e. The van der Waals surface area contributed by atoms with E-state index in [0.29, 0.717) is 32.5 Å². The molecule has 0 aliphatic carbocycles. The Bertz CT molecular complexity index is 403. The van der Waals surface area contributed by atoms with Crippen molar-refractivity contribution in [3.8, 4) is 0 Å². The molecule has 1 aliphatic heterocycles. The van der Waals surface area contributed by atoms with Gasteiger partial charge in [0, 0.05) is 32.1 Å². The van der Waals surface area contributed by atoms with Gasteiger partial charge in [-0.3, -0.25) is 15.0 Å². The quantitative estimate of drug-likeness (QED) is 0.168. The maximum absolute atomic E-state index is 12.0. The number of hydrogen-bond donors (Lipinski definition) is 6. The van der Waals surface area contributed by atoms with Crippen LogP contribution in [0, 0.1) is 5.41 Å². The van der Waals surface area contributed by atoms with Crippen molar-refractivity contribution >= 4 is 17.8 Å². The standard InChI is InChI=1S/C13H26N6O3/c14-10(8-20)12(22)19-6-2-3-9(19)7-18-11(21)4-1-5-17-13(15)16/h9-10,20H,1-8,14H2,(H,18,21)(H4,15,16,17)/t9-,10-/m0/s1. The van der Waals surface area contributed by atoms with Crippen molar-refractivity contribution < 1.29 is 14.7 Å². The lowest BCUT2D eigenvalue weighted by molar-refractivity contribution is -0.134. The van der Waals surface area contributed by atoms with Gasteiger partial charge in [0.25, 0.3) is 0 Å². The van der Waals surface area contributed by atoms with Crippen LogP contribution in [0.3, 0.4) is 0 Å². The van der Waals surface area contributed by atoms with Gasteiger partial charge >= 0.3 is 0 Å². The molecule has 126 valence electrons. The van der Waals surface area contributed by atoms with E-state index in [0.717, 1.165) is 12.8 Å². The summed E-state index contributed by atoms with van der Waals surface area (Å²) in [7, 11) is 0. The second-order valence-electron chi connectivity index (χ2n) is 5.36. The number of amides is 2. The van der Waals surface area contributed by atoms with E-state index in [9.17, 15) is 9.59 Å². The fraction of sp³-hybridized carbons (Fsp3) is 0.769. The number of aliphatic hydroxyl groups excluding tert-OH is 1. The average Bonchev–Trinajstić information content (AvgIpc) is 2.96. The summed E-state index contributed by atoms with van der Waals surface area (Å²) in [5.74, 6) is -0.484. The minimum absolute atomic E-state index is 0.0654. The molecular weight excluding hydrogens is 288 g/mol. The van der Waals surface area contributed by atoms with Crippen molar-refractivity contribution in [2.24, 2.45) is 11.5 Å². The van der Waals surface area contributed by atoms with Crippen LogP contribution in [-0.2, 0) is 9.59 Å². The summed E-state index contributed by atoms with van der Waals surface area (Å²) in [6.07, 6.45) is 2.59. The molecule has 0 saturated carbocycles. The van der Waals surface area contributed by atoms with Crippen LogP contribution in [-0.4, -0.2) is 66.1 Å². The maximum Gasteiger partial charge on any atom is 0.242 e. The first-order valence-corrected chi connectivity index (χ1v) is 7.47. The predicted octanol–water partition coefficient (Wildman–Crippen LogP) is -2.32. The van der Waals surface area contributed by atoms with Crippen molar-refractivity contribution in [1.82, 2.24) is 15.5 Å². The molecule has 1 fully saturated rings. The second-order valence-corrected chi connectivity index (χ2v) is 5.36. The predicted molar refractivity (Wildman–Crippen MR) is 82.0 cm³/mol. The summed E-state index contributed by atoms with van der Waals surface area (Å²) < 4.78 is 0. The molecule has 0 bridgehead atoms. The third kappa shape index (κ3) is 5.86. The Morgan fingerprint density at radius 1 is 1.41 bits per heavy atom. The van der Waals surface area contributed by atoms with E-state index in [-0.39, 0.29) is 30.4 Å². The third-order valence-electron chi connectivity index (χ3n) is 3.61. The second kappa shape index (κ2) is 9.21. The molecular formula is C13H26N6O3. The topological polar surface area (TPSA) is 158 Å². The molecule has 2 atom stereocenters. The number of hydrogen-bond acceptors (Lipinski definition) is 5. The van der Waals surface area contributed by atoms with Crippen molar-refractivity contribution in [2.45, 2.75) is 37.8 Å². The highest BCUT2D eigenvalue weighted by molar-refractivity contribution is 5.82. The first-order chi connectivity index (χ1) is 10.5. The van der Waals surface area contributed by atoms with Crippen LogP contribution < -0.4 is 22.1 Å². The number of guanidine groups is 1. The van der Waals surface area contributed by atoms with Crippen LogP contribution in [0.25, 0.3) is 0 Å². The first-order valence-electron chi connectivity index (χ1n) is 7.47. The lowest BCUT2D eigenvalue weighted by atomic mass is 10.2. The summed E-state index contributed by atoms with van der Waals surface area (Å²) in [6.45, 7) is 1.10. The van der Waals surface area contributed by atoms with Gasteiger partial charge < -0.3 is 32.1 Å². The Morgan fingerprint density at radius 3 is 2.77 bits per heavy atom.